The minimum atomic E-state index is 0.700. The summed E-state index contributed by atoms with van der Waals surface area (Å²) in [5.74, 6) is 0. The maximum absolute atomic E-state index is 12.2. The quantitative estimate of drug-likeness (QED) is 0.0757. The predicted octanol–water partition coefficient (Wildman–Crippen LogP) is 12.9. The molecule has 246 valence electrons. The van der Waals surface area contributed by atoms with Crippen molar-refractivity contribution in [2.45, 2.75) is 91.1 Å². The van der Waals surface area contributed by atoms with Crippen LogP contribution < -0.4 is 0 Å². The first-order chi connectivity index (χ1) is 23.7. The predicted molar refractivity (Wildman–Crippen MR) is 207 cm³/mol. The summed E-state index contributed by atoms with van der Waals surface area (Å²) in [6.07, 6.45) is 14.0. The summed E-state index contributed by atoms with van der Waals surface area (Å²) in [7, 11) is 0. The molecular formula is C42H44N2O2S2. The molecule has 0 amide bonds. The fourth-order valence-electron chi connectivity index (χ4n) is 7.69. The largest absolute Gasteiger partial charge is 0.340 e. The Balaban J connectivity index is 1.66. The van der Waals surface area contributed by atoms with Gasteiger partial charge in [0, 0.05) is 77.7 Å². The van der Waals surface area contributed by atoms with Crippen molar-refractivity contribution >= 4 is 78.9 Å². The van der Waals surface area contributed by atoms with E-state index in [-0.39, 0.29) is 0 Å². The Morgan fingerprint density at radius 1 is 0.562 bits per heavy atom. The van der Waals surface area contributed by atoms with Gasteiger partial charge in [-0.1, -0.05) is 77.3 Å². The summed E-state index contributed by atoms with van der Waals surface area (Å²) in [6, 6.07) is 21.3. The molecule has 6 heteroatoms. The van der Waals surface area contributed by atoms with Crippen molar-refractivity contribution in [3.05, 3.63) is 82.6 Å². The van der Waals surface area contributed by atoms with Crippen LogP contribution in [0.2, 0.25) is 0 Å². The van der Waals surface area contributed by atoms with Crippen LogP contribution >= 0.6 is 22.7 Å². The fraction of sp³-hybridized carbons (Fsp3) is 0.333. The van der Waals surface area contributed by atoms with Crippen LogP contribution in [-0.4, -0.2) is 21.7 Å². The van der Waals surface area contributed by atoms with Gasteiger partial charge in [-0.3, -0.25) is 9.59 Å². The average Bonchev–Trinajstić information content (AvgIpc) is 3.94. The number of fused-ring (bicyclic) bond motifs is 6. The maximum atomic E-state index is 12.2. The Morgan fingerprint density at radius 2 is 1.00 bits per heavy atom. The van der Waals surface area contributed by atoms with Crippen molar-refractivity contribution in [2.75, 3.05) is 0 Å². The van der Waals surface area contributed by atoms with Gasteiger partial charge in [0.1, 0.15) is 12.6 Å². The Kier molecular flexibility index (Phi) is 9.92. The van der Waals surface area contributed by atoms with Crippen LogP contribution in [0.5, 0.6) is 0 Å². The maximum Gasteiger partial charge on any atom is 0.150 e. The van der Waals surface area contributed by atoms with Crippen LogP contribution in [0.1, 0.15) is 98.8 Å². The monoisotopic (exact) mass is 672 g/mol. The highest BCUT2D eigenvalue weighted by Gasteiger charge is 2.28. The van der Waals surface area contributed by atoms with Gasteiger partial charge in [0.2, 0.25) is 0 Å². The molecule has 0 bridgehead atoms. The van der Waals surface area contributed by atoms with Gasteiger partial charge >= 0.3 is 0 Å². The second-order valence-corrected chi connectivity index (χ2v) is 15.0. The zero-order valence-corrected chi connectivity index (χ0v) is 29.7. The SMILES string of the molecule is CCCCCCCn1c2ccc(C=O)cc2c2c(-c3cccs3)c3c(c(-c4cccs4)c21)c1cc(C=O)ccc1n3CCCCCCC. The summed E-state index contributed by atoms with van der Waals surface area (Å²) >= 11 is 3.56. The van der Waals surface area contributed by atoms with E-state index in [9.17, 15) is 9.59 Å². The first-order valence-corrected chi connectivity index (χ1v) is 19.5. The molecule has 4 nitrogen and oxygen atoms in total. The van der Waals surface area contributed by atoms with E-state index >= 15 is 0 Å². The number of carbonyl (C=O) groups excluding carboxylic acids is 2. The molecule has 0 aliphatic rings. The number of hydrogen-bond donors (Lipinski definition) is 0. The van der Waals surface area contributed by atoms with E-state index in [4.69, 9.17) is 0 Å². The Labute approximate surface area is 291 Å². The molecule has 7 aromatic rings. The van der Waals surface area contributed by atoms with Crippen LogP contribution in [0.4, 0.5) is 0 Å². The van der Waals surface area contributed by atoms with Crippen molar-refractivity contribution in [2.24, 2.45) is 0 Å². The second kappa shape index (κ2) is 14.6. The van der Waals surface area contributed by atoms with E-state index in [1.165, 1.54) is 105 Å². The third-order valence-corrected chi connectivity index (χ3v) is 11.7. The van der Waals surface area contributed by atoms with Crippen molar-refractivity contribution in [3.63, 3.8) is 0 Å². The van der Waals surface area contributed by atoms with Crippen LogP contribution in [0.25, 0.3) is 64.5 Å². The van der Waals surface area contributed by atoms with Gasteiger partial charge in [0.05, 0.1) is 11.0 Å². The molecule has 3 aromatic carbocycles. The van der Waals surface area contributed by atoms with Crippen molar-refractivity contribution < 1.29 is 9.59 Å². The lowest BCUT2D eigenvalue weighted by Gasteiger charge is -2.17. The molecule has 7 rings (SSSR count). The van der Waals surface area contributed by atoms with Gasteiger partial charge < -0.3 is 9.13 Å². The number of rotatable bonds is 16. The molecule has 0 aliphatic heterocycles. The van der Waals surface area contributed by atoms with Crippen molar-refractivity contribution in [1.82, 2.24) is 9.13 Å². The molecule has 4 aromatic heterocycles. The number of thiophene rings is 2. The molecule has 0 atom stereocenters. The molecule has 0 N–H and O–H groups in total. The fourth-order valence-corrected chi connectivity index (χ4v) is 9.24. The number of aldehydes is 2. The second-order valence-electron chi connectivity index (χ2n) is 13.1. The van der Waals surface area contributed by atoms with Gasteiger partial charge in [-0.2, -0.15) is 0 Å². The summed E-state index contributed by atoms with van der Waals surface area (Å²) in [4.78, 5) is 26.9. The number of aromatic nitrogens is 2. The van der Waals surface area contributed by atoms with E-state index in [1.807, 2.05) is 12.1 Å². The Bertz CT molecular complexity index is 2040. The first kappa shape index (κ1) is 32.5. The van der Waals surface area contributed by atoms with Crippen LogP contribution in [0.3, 0.4) is 0 Å². The highest BCUT2D eigenvalue weighted by molar-refractivity contribution is 7.14. The van der Waals surface area contributed by atoms with Crippen LogP contribution in [0.15, 0.2) is 71.4 Å². The minimum Gasteiger partial charge on any atom is -0.340 e. The number of hydrogen-bond acceptors (Lipinski definition) is 4. The van der Waals surface area contributed by atoms with E-state index in [1.54, 1.807) is 22.7 Å². The summed E-state index contributed by atoms with van der Waals surface area (Å²) in [5, 5.41) is 9.08. The van der Waals surface area contributed by atoms with E-state index in [2.05, 4.69) is 82.3 Å². The molecule has 0 aliphatic carbocycles. The number of carbonyl (C=O) groups is 2. The number of benzene rings is 3. The molecular weight excluding hydrogens is 629 g/mol. The van der Waals surface area contributed by atoms with Gasteiger partial charge in [0.25, 0.3) is 0 Å². The molecule has 48 heavy (non-hydrogen) atoms. The molecule has 0 saturated heterocycles. The molecule has 4 heterocycles. The minimum absolute atomic E-state index is 0.700. The number of aryl methyl sites for hydroxylation is 2. The zero-order chi connectivity index (χ0) is 33.0. The van der Waals surface area contributed by atoms with Crippen molar-refractivity contribution in [3.8, 4) is 20.9 Å². The highest BCUT2D eigenvalue weighted by atomic mass is 32.1. The topological polar surface area (TPSA) is 44.0 Å². The first-order valence-electron chi connectivity index (χ1n) is 17.8. The van der Waals surface area contributed by atoms with Crippen LogP contribution in [0, 0.1) is 0 Å². The normalized spacial score (nSPS) is 11.9. The number of nitrogens with zero attached hydrogens (tertiary/aromatic N) is 2. The third-order valence-electron chi connectivity index (χ3n) is 9.93. The van der Waals surface area contributed by atoms with Gasteiger partial charge in [0.15, 0.2) is 0 Å². The summed E-state index contributed by atoms with van der Waals surface area (Å²) in [6.45, 7) is 6.35. The lowest BCUT2D eigenvalue weighted by molar-refractivity contribution is 0.111. The van der Waals surface area contributed by atoms with Gasteiger partial charge in [-0.15, -0.1) is 22.7 Å². The standard InChI is InChI=1S/C42H44N2O2S2/c1-3-5-7-9-11-21-43-33-19-17-29(27-45)25-31(33)37-40(36-16-14-24-48-36)42-38(39(41(37)43)35-15-13-23-47-35)32-26-30(28-46)18-20-34(32)44(42)22-12-10-8-6-4-2/h13-20,23-28H,3-12,21-22H2,1-2H3. The van der Waals surface area contributed by atoms with E-state index in [0.29, 0.717) is 11.1 Å². The number of unbranched alkanes of at least 4 members (excludes halogenated alkanes) is 8. The van der Waals surface area contributed by atoms with Crippen LogP contribution in [-0.2, 0) is 13.1 Å². The highest BCUT2D eigenvalue weighted by Crippen LogP contribution is 2.52. The van der Waals surface area contributed by atoms with E-state index < -0.39 is 0 Å². The average molecular weight is 673 g/mol. The van der Waals surface area contributed by atoms with Crippen molar-refractivity contribution in [1.29, 1.82) is 0 Å². The molecule has 0 fully saturated rings. The Morgan fingerprint density at radius 3 is 1.38 bits per heavy atom. The lowest BCUT2D eigenvalue weighted by atomic mass is 9.94. The van der Waals surface area contributed by atoms with E-state index in [0.717, 1.165) is 49.3 Å². The Hall–Kier alpha value is -4.00. The molecule has 0 spiro atoms. The van der Waals surface area contributed by atoms with Gasteiger partial charge in [-0.25, -0.2) is 0 Å². The van der Waals surface area contributed by atoms with Gasteiger partial charge in [-0.05, 0) is 72.1 Å². The smallest absolute Gasteiger partial charge is 0.150 e. The zero-order valence-electron chi connectivity index (χ0n) is 28.1. The summed E-state index contributed by atoms with van der Waals surface area (Å²) in [5.41, 5.74) is 8.71. The molecule has 0 unspecified atom stereocenters. The lowest BCUT2D eigenvalue weighted by Crippen LogP contribution is -2.02. The third kappa shape index (κ3) is 5.83. The molecule has 0 saturated carbocycles. The summed E-state index contributed by atoms with van der Waals surface area (Å²) < 4.78 is 5.10. The molecule has 0 radical (unpaired) electrons.